The van der Waals surface area contributed by atoms with Crippen molar-refractivity contribution in [3.8, 4) is 0 Å². The number of nitrogens with one attached hydrogen (secondary N) is 1. The third kappa shape index (κ3) is 4.11. The summed E-state index contributed by atoms with van der Waals surface area (Å²) in [6.45, 7) is 1.49. The number of hydrogen-bond donors (Lipinski definition) is 2. The van der Waals surface area contributed by atoms with Crippen LogP contribution in [-0.4, -0.2) is 62.2 Å². The number of amides is 1. The van der Waals surface area contributed by atoms with Crippen molar-refractivity contribution in [1.82, 2.24) is 24.8 Å². The quantitative estimate of drug-likeness (QED) is 0.678. The van der Waals surface area contributed by atoms with Crippen molar-refractivity contribution in [2.75, 3.05) is 25.0 Å². The molecule has 3 aromatic rings. The first-order valence-electron chi connectivity index (χ1n) is 10.4. The smallest absolute Gasteiger partial charge is 0.407 e. The molecular weight excluding hydrogens is 368 g/mol. The van der Waals surface area contributed by atoms with E-state index in [1.165, 1.54) is 37.0 Å². The highest BCUT2D eigenvalue weighted by Gasteiger charge is 2.27. The van der Waals surface area contributed by atoms with Gasteiger partial charge in [0.15, 0.2) is 5.65 Å². The molecule has 1 aliphatic carbocycles. The van der Waals surface area contributed by atoms with Crippen molar-refractivity contribution in [3.63, 3.8) is 0 Å². The lowest BCUT2D eigenvalue weighted by molar-refractivity contribution is 0.133. The normalized spacial score (nSPS) is 19.2. The molecule has 154 valence electrons. The minimum atomic E-state index is -0.895. The van der Waals surface area contributed by atoms with Crippen LogP contribution in [0.2, 0.25) is 0 Å². The summed E-state index contributed by atoms with van der Waals surface area (Å²) >= 11 is 0. The summed E-state index contributed by atoms with van der Waals surface area (Å²) < 4.78 is 0. The van der Waals surface area contributed by atoms with Gasteiger partial charge in [0.2, 0.25) is 0 Å². The molecular formula is C21H28N6O2. The van der Waals surface area contributed by atoms with E-state index in [-0.39, 0.29) is 6.04 Å². The van der Waals surface area contributed by atoms with E-state index in [9.17, 15) is 9.90 Å². The molecule has 0 spiro atoms. The van der Waals surface area contributed by atoms with Gasteiger partial charge in [-0.2, -0.15) is 0 Å². The Morgan fingerprint density at radius 1 is 1.17 bits per heavy atom. The Morgan fingerprint density at radius 3 is 2.66 bits per heavy atom. The maximum atomic E-state index is 11.3. The highest BCUT2D eigenvalue weighted by molar-refractivity contribution is 6.08. The third-order valence-corrected chi connectivity index (χ3v) is 5.96. The second-order valence-corrected chi connectivity index (χ2v) is 7.86. The molecule has 2 N–H and O–H groups in total. The molecule has 4 heterocycles. The highest BCUT2D eigenvalue weighted by Crippen LogP contribution is 2.31. The van der Waals surface area contributed by atoms with Crippen molar-refractivity contribution < 1.29 is 9.90 Å². The van der Waals surface area contributed by atoms with E-state index in [2.05, 4.69) is 24.8 Å². The maximum Gasteiger partial charge on any atom is 0.407 e. The largest absolute Gasteiger partial charge is 0.465 e. The van der Waals surface area contributed by atoms with Crippen LogP contribution >= 0.6 is 0 Å². The van der Waals surface area contributed by atoms with Crippen LogP contribution in [0.5, 0.6) is 0 Å². The van der Waals surface area contributed by atoms with Crippen LogP contribution < -0.4 is 4.90 Å². The molecule has 1 amide bonds. The highest BCUT2D eigenvalue weighted by atomic mass is 16.4. The summed E-state index contributed by atoms with van der Waals surface area (Å²) in [5.74, 6) is 0.854. The number of H-pyrrole nitrogens is 1. The van der Waals surface area contributed by atoms with Gasteiger partial charge in [-0.05, 0) is 18.9 Å². The van der Waals surface area contributed by atoms with E-state index in [0.29, 0.717) is 12.2 Å². The number of aromatic amines is 1. The van der Waals surface area contributed by atoms with Crippen molar-refractivity contribution >= 4 is 33.8 Å². The van der Waals surface area contributed by atoms with Gasteiger partial charge in [0.05, 0.1) is 29.5 Å². The van der Waals surface area contributed by atoms with Gasteiger partial charge in [-0.15, -0.1) is 0 Å². The number of pyridine rings is 1. The second-order valence-electron chi connectivity index (χ2n) is 7.86. The standard InChI is InChI=1S/C16H18N6O2.C5H10/c1-21(16(23)24)10-3-2-6-22(8-10)15-13-11-4-5-17-14(11)18-7-12(13)19-9-20-15;1-2-4-5-3-1/h4-5,7,9-10H,2-3,6,8H2,1H3,(H,19,20)(H,23,24);1-5H2. The molecule has 1 atom stereocenters. The minimum Gasteiger partial charge on any atom is -0.465 e. The minimum absolute atomic E-state index is 0.0348. The number of fused-ring (bicyclic) bond motifs is 3. The topological polar surface area (TPSA) is 98.2 Å². The van der Waals surface area contributed by atoms with E-state index in [1.54, 1.807) is 25.8 Å². The average Bonchev–Trinajstić information content (AvgIpc) is 3.47. The molecule has 1 saturated heterocycles. The van der Waals surface area contributed by atoms with E-state index in [0.717, 1.165) is 41.5 Å². The Morgan fingerprint density at radius 2 is 1.93 bits per heavy atom. The Hall–Kier alpha value is -2.90. The van der Waals surface area contributed by atoms with E-state index in [1.807, 2.05) is 6.07 Å². The molecule has 8 heteroatoms. The molecule has 2 aliphatic rings. The fourth-order valence-electron chi connectivity index (χ4n) is 4.28. The third-order valence-electron chi connectivity index (χ3n) is 5.96. The van der Waals surface area contributed by atoms with Gasteiger partial charge >= 0.3 is 6.09 Å². The number of carboxylic acid groups (broad SMARTS) is 1. The Bertz CT molecular complexity index is 976. The number of carbonyl (C=O) groups is 1. The molecule has 8 nitrogen and oxygen atoms in total. The van der Waals surface area contributed by atoms with Crippen LogP contribution in [-0.2, 0) is 0 Å². The van der Waals surface area contributed by atoms with Gasteiger partial charge in [0, 0.05) is 31.7 Å². The first kappa shape index (κ1) is 19.4. The van der Waals surface area contributed by atoms with Crippen LogP contribution in [0.15, 0.2) is 24.8 Å². The molecule has 1 unspecified atom stereocenters. The van der Waals surface area contributed by atoms with Crippen molar-refractivity contribution in [2.24, 2.45) is 0 Å². The van der Waals surface area contributed by atoms with Crippen molar-refractivity contribution in [3.05, 3.63) is 24.8 Å². The van der Waals surface area contributed by atoms with Crippen LogP contribution in [0.25, 0.3) is 21.9 Å². The number of hydrogen-bond acceptors (Lipinski definition) is 5. The predicted octanol–water partition coefficient (Wildman–Crippen LogP) is 4.04. The van der Waals surface area contributed by atoms with E-state index < -0.39 is 6.09 Å². The Balaban J connectivity index is 0.000000359. The van der Waals surface area contributed by atoms with Crippen LogP contribution in [0, 0.1) is 0 Å². The van der Waals surface area contributed by atoms with Crippen molar-refractivity contribution in [2.45, 2.75) is 51.0 Å². The first-order valence-corrected chi connectivity index (χ1v) is 10.4. The zero-order valence-corrected chi connectivity index (χ0v) is 16.8. The number of aromatic nitrogens is 4. The van der Waals surface area contributed by atoms with Crippen LogP contribution in [0.1, 0.15) is 44.9 Å². The Kier molecular flexibility index (Phi) is 5.78. The Labute approximate surface area is 170 Å². The molecule has 1 saturated carbocycles. The van der Waals surface area contributed by atoms with Crippen LogP contribution in [0.4, 0.5) is 10.6 Å². The molecule has 2 fully saturated rings. The molecule has 29 heavy (non-hydrogen) atoms. The van der Waals surface area contributed by atoms with Crippen LogP contribution in [0.3, 0.4) is 0 Å². The SMILES string of the molecule is C1CCCC1.CN(C(=O)O)C1CCCN(c2nc[nH]c3cnc4nccc4c23)C1. The summed E-state index contributed by atoms with van der Waals surface area (Å²) in [7, 11) is 1.63. The zero-order chi connectivity index (χ0) is 20.2. The van der Waals surface area contributed by atoms with E-state index >= 15 is 0 Å². The lowest BCUT2D eigenvalue weighted by atomic mass is 10.0. The number of nitrogens with zero attached hydrogens (tertiary/aromatic N) is 5. The molecule has 1 aliphatic heterocycles. The fraction of sp³-hybridized carbons (Fsp3) is 0.524. The maximum absolute atomic E-state index is 11.3. The summed E-state index contributed by atoms with van der Waals surface area (Å²) in [4.78, 5) is 31.1. The lowest BCUT2D eigenvalue weighted by Crippen LogP contribution is -2.48. The summed E-state index contributed by atoms with van der Waals surface area (Å²) in [5, 5.41) is 11.2. The van der Waals surface area contributed by atoms with Gasteiger partial charge in [-0.1, -0.05) is 32.1 Å². The summed E-state index contributed by atoms with van der Waals surface area (Å²) in [6.07, 6.45) is 13.6. The van der Waals surface area contributed by atoms with Gasteiger partial charge in [-0.3, -0.25) is 0 Å². The molecule has 0 radical (unpaired) electrons. The molecule has 5 rings (SSSR count). The number of rotatable bonds is 2. The first-order chi connectivity index (χ1) is 14.1. The van der Waals surface area contributed by atoms with Gasteiger partial charge in [0.25, 0.3) is 0 Å². The zero-order valence-electron chi connectivity index (χ0n) is 16.8. The van der Waals surface area contributed by atoms with Crippen molar-refractivity contribution in [1.29, 1.82) is 0 Å². The van der Waals surface area contributed by atoms with Gasteiger partial charge in [0.1, 0.15) is 5.82 Å². The predicted molar refractivity (Wildman–Crippen MR) is 113 cm³/mol. The number of likely N-dealkylation sites (N-methyl/N-ethyl adjacent to an activating group) is 1. The van der Waals surface area contributed by atoms with Gasteiger partial charge < -0.3 is 19.9 Å². The monoisotopic (exact) mass is 396 g/mol. The average molecular weight is 396 g/mol. The second kappa shape index (κ2) is 8.63. The van der Waals surface area contributed by atoms with Gasteiger partial charge in [-0.25, -0.2) is 19.7 Å². The molecule has 3 aromatic heterocycles. The number of piperidine rings is 1. The summed E-state index contributed by atoms with van der Waals surface area (Å²) in [6, 6.07) is 1.90. The molecule has 0 aromatic carbocycles. The fourth-order valence-corrected chi connectivity index (χ4v) is 4.28. The van der Waals surface area contributed by atoms with E-state index in [4.69, 9.17) is 0 Å². The summed E-state index contributed by atoms with van der Waals surface area (Å²) in [5.41, 5.74) is 1.59. The number of anilines is 1. The molecule has 0 bridgehead atoms. The lowest BCUT2D eigenvalue weighted by Gasteiger charge is -2.37.